The van der Waals surface area contributed by atoms with Crippen LogP contribution in [0.25, 0.3) is 16.9 Å². The number of hydrogen-bond donors (Lipinski definition) is 1. The number of hydrogen-bond acceptors (Lipinski definition) is 5. The summed E-state index contributed by atoms with van der Waals surface area (Å²) in [6, 6.07) is 5.99. The van der Waals surface area contributed by atoms with Crippen molar-refractivity contribution in [3.63, 3.8) is 0 Å². The largest absolute Gasteiger partial charge is 0.354 e. The Morgan fingerprint density at radius 1 is 1.17 bits per heavy atom. The van der Waals surface area contributed by atoms with Gasteiger partial charge in [-0.25, -0.2) is 4.98 Å². The van der Waals surface area contributed by atoms with E-state index in [9.17, 15) is 0 Å². The van der Waals surface area contributed by atoms with Crippen LogP contribution in [-0.4, -0.2) is 45.8 Å². The summed E-state index contributed by atoms with van der Waals surface area (Å²) in [6.45, 7) is 8.17. The molecule has 3 aromatic rings. The molecule has 0 spiro atoms. The first kappa shape index (κ1) is 14.1. The van der Waals surface area contributed by atoms with Crippen LogP contribution in [0.4, 0.5) is 5.82 Å². The molecule has 23 heavy (non-hydrogen) atoms. The van der Waals surface area contributed by atoms with E-state index < -0.39 is 0 Å². The first-order valence-electron chi connectivity index (χ1n) is 7.97. The summed E-state index contributed by atoms with van der Waals surface area (Å²) in [6.07, 6.45) is 3.62. The molecule has 3 aromatic heterocycles. The molecule has 4 heterocycles. The third-order valence-corrected chi connectivity index (χ3v) is 4.43. The molecule has 0 bridgehead atoms. The van der Waals surface area contributed by atoms with Crippen LogP contribution < -0.4 is 10.2 Å². The van der Waals surface area contributed by atoms with Crippen LogP contribution in [-0.2, 0) is 0 Å². The minimum absolute atomic E-state index is 0.889. The minimum Gasteiger partial charge on any atom is -0.354 e. The Kier molecular flexibility index (Phi) is 3.46. The lowest BCUT2D eigenvalue weighted by atomic mass is 10.2. The lowest BCUT2D eigenvalue weighted by molar-refractivity contribution is 0.578. The summed E-state index contributed by atoms with van der Waals surface area (Å²) in [4.78, 5) is 11.3. The van der Waals surface area contributed by atoms with Crippen molar-refractivity contribution in [1.82, 2.24) is 24.9 Å². The van der Waals surface area contributed by atoms with Gasteiger partial charge in [-0.2, -0.15) is 9.61 Å². The normalized spacial score (nSPS) is 15.3. The van der Waals surface area contributed by atoms with Crippen molar-refractivity contribution in [2.45, 2.75) is 13.8 Å². The summed E-state index contributed by atoms with van der Waals surface area (Å²) in [7, 11) is 0. The quantitative estimate of drug-likeness (QED) is 0.782. The summed E-state index contributed by atoms with van der Waals surface area (Å²) in [5, 5.41) is 8.21. The molecule has 1 fully saturated rings. The second kappa shape index (κ2) is 5.62. The highest BCUT2D eigenvalue weighted by molar-refractivity contribution is 5.66. The molecule has 6 nitrogen and oxygen atoms in total. The third-order valence-electron chi connectivity index (χ3n) is 4.43. The van der Waals surface area contributed by atoms with Gasteiger partial charge in [0.15, 0.2) is 5.65 Å². The van der Waals surface area contributed by atoms with Gasteiger partial charge in [-0.05, 0) is 26.0 Å². The average molecular weight is 308 g/mol. The molecule has 6 heteroatoms. The first-order valence-corrected chi connectivity index (χ1v) is 7.97. The molecule has 0 atom stereocenters. The van der Waals surface area contributed by atoms with Crippen molar-refractivity contribution in [3.05, 3.63) is 41.9 Å². The van der Waals surface area contributed by atoms with E-state index >= 15 is 0 Å². The van der Waals surface area contributed by atoms with E-state index in [1.807, 2.05) is 28.9 Å². The Bertz CT molecular complexity index is 833. The standard InChI is InChI=1S/C17H20N6/c1-12-13(2)20-16-10-15(14-4-3-5-19-11-14)21-23(16)17(12)22-8-6-18-7-9-22/h3-5,10-11,18H,6-9H2,1-2H3. The smallest absolute Gasteiger partial charge is 0.158 e. The second-order valence-electron chi connectivity index (χ2n) is 5.92. The Balaban J connectivity index is 1.90. The van der Waals surface area contributed by atoms with Crippen molar-refractivity contribution in [1.29, 1.82) is 0 Å². The van der Waals surface area contributed by atoms with Crippen molar-refractivity contribution < 1.29 is 0 Å². The third kappa shape index (κ3) is 2.45. The van der Waals surface area contributed by atoms with Crippen molar-refractivity contribution in [3.8, 4) is 11.3 Å². The fraction of sp³-hybridized carbons (Fsp3) is 0.353. The van der Waals surface area contributed by atoms with E-state index in [-0.39, 0.29) is 0 Å². The van der Waals surface area contributed by atoms with Crippen molar-refractivity contribution in [2.24, 2.45) is 0 Å². The number of aromatic nitrogens is 4. The number of fused-ring (bicyclic) bond motifs is 1. The van der Waals surface area contributed by atoms with Gasteiger partial charge in [-0.15, -0.1) is 0 Å². The summed E-state index contributed by atoms with van der Waals surface area (Å²) in [5.74, 6) is 1.16. The molecule has 0 aliphatic carbocycles. The summed E-state index contributed by atoms with van der Waals surface area (Å²) in [5.41, 5.74) is 5.07. The molecule has 0 saturated carbocycles. The summed E-state index contributed by atoms with van der Waals surface area (Å²) < 4.78 is 1.98. The van der Waals surface area contributed by atoms with Crippen LogP contribution in [0.5, 0.6) is 0 Å². The van der Waals surface area contributed by atoms with Gasteiger partial charge in [0.25, 0.3) is 0 Å². The van der Waals surface area contributed by atoms with Crippen molar-refractivity contribution in [2.75, 3.05) is 31.1 Å². The number of anilines is 1. The van der Waals surface area contributed by atoms with E-state index in [1.54, 1.807) is 6.20 Å². The molecule has 1 aliphatic rings. The predicted molar refractivity (Wildman–Crippen MR) is 90.8 cm³/mol. The molecule has 4 rings (SSSR count). The zero-order valence-corrected chi connectivity index (χ0v) is 13.5. The van der Waals surface area contributed by atoms with E-state index in [2.05, 4.69) is 29.0 Å². The molecule has 118 valence electrons. The minimum atomic E-state index is 0.889. The molecule has 0 radical (unpaired) electrons. The Hall–Kier alpha value is -2.47. The molecule has 0 amide bonds. The van der Waals surface area contributed by atoms with Crippen LogP contribution in [0.3, 0.4) is 0 Å². The maximum absolute atomic E-state index is 4.81. The average Bonchev–Trinajstić information content (AvgIpc) is 3.01. The maximum atomic E-state index is 4.81. The number of nitrogens with one attached hydrogen (secondary N) is 1. The molecular weight excluding hydrogens is 288 g/mol. The number of pyridine rings is 1. The number of piperazine rings is 1. The van der Waals surface area contributed by atoms with E-state index in [4.69, 9.17) is 10.1 Å². The molecule has 0 aromatic carbocycles. The Labute approximate surface area is 135 Å². The number of nitrogens with zero attached hydrogens (tertiary/aromatic N) is 5. The highest BCUT2D eigenvalue weighted by atomic mass is 15.4. The van der Waals surface area contributed by atoms with E-state index in [0.29, 0.717) is 0 Å². The monoisotopic (exact) mass is 308 g/mol. The fourth-order valence-electron chi connectivity index (χ4n) is 3.09. The predicted octanol–water partition coefficient (Wildman–Crippen LogP) is 1.82. The highest BCUT2D eigenvalue weighted by Crippen LogP contribution is 2.26. The van der Waals surface area contributed by atoms with Crippen LogP contribution in [0.1, 0.15) is 11.3 Å². The van der Waals surface area contributed by atoms with Crippen molar-refractivity contribution >= 4 is 11.5 Å². The van der Waals surface area contributed by atoms with Gasteiger partial charge in [-0.1, -0.05) is 0 Å². The lowest BCUT2D eigenvalue weighted by Gasteiger charge is -2.31. The molecule has 1 N–H and O–H groups in total. The maximum Gasteiger partial charge on any atom is 0.158 e. The van der Waals surface area contributed by atoms with Gasteiger partial charge in [0.2, 0.25) is 0 Å². The zero-order chi connectivity index (χ0) is 15.8. The van der Waals surface area contributed by atoms with Gasteiger partial charge in [-0.3, -0.25) is 4.98 Å². The first-order chi connectivity index (χ1) is 11.2. The van der Waals surface area contributed by atoms with Gasteiger partial charge in [0, 0.05) is 61.5 Å². The van der Waals surface area contributed by atoms with Gasteiger partial charge >= 0.3 is 0 Å². The van der Waals surface area contributed by atoms with Gasteiger partial charge < -0.3 is 10.2 Å². The second-order valence-corrected chi connectivity index (χ2v) is 5.92. The molecule has 1 aliphatic heterocycles. The number of rotatable bonds is 2. The fourth-order valence-corrected chi connectivity index (χ4v) is 3.09. The molecule has 1 saturated heterocycles. The SMILES string of the molecule is Cc1nc2cc(-c3cccnc3)nn2c(N2CCNCC2)c1C. The highest BCUT2D eigenvalue weighted by Gasteiger charge is 2.20. The van der Waals surface area contributed by atoms with Gasteiger partial charge in [0.05, 0.1) is 5.69 Å². The van der Waals surface area contributed by atoms with Crippen LogP contribution >= 0.6 is 0 Å². The van der Waals surface area contributed by atoms with Crippen LogP contribution in [0.2, 0.25) is 0 Å². The van der Waals surface area contributed by atoms with Gasteiger partial charge in [0.1, 0.15) is 5.82 Å². The Morgan fingerprint density at radius 3 is 2.74 bits per heavy atom. The summed E-state index contributed by atoms with van der Waals surface area (Å²) >= 11 is 0. The number of aryl methyl sites for hydroxylation is 1. The van der Waals surface area contributed by atoms with Crippen LogP contribution in [0.15, 0.2) is 30.6 Å². The van der Waals surface area contributed by atoms with E-state index in [1.165, 1.54) is 5.56 Å². The Morgan fingerprint density at radius 2 is 2.00 bits per heavy atom. The topological polar surface area (TPSA) is 58.4 Å². The van der Waals surface area contributed by atoms with E-state index in [0.717, 1.165) is 54.6 Å². The molecule has 0 unspecified atom stereocenters. The van der Waals surface area contributed by atoms with Crippen LogP contribution in [0, 0.1) is 13.8 Å². The molecular formula is C17H20N6. The zero-order valence-electron chi connectivity index (χ0n) is 13.5. The lowest BCUT2D eigenvalue weighted by Crippen LogP contribution is -2.44.